The molecular formula is C17H22F2N2O3S. The number of likely N-dealkylation sites (tertiary alicyclic amines) is 1. The lowest BCUT2D eigenvalue weighted by atomic mass is 9.97. The molecule has 0 bridgehead atoms. The van der Waals surface area contributed by atoms with Crippen molar-refractivity contribution in [1.82, 2.24) is 9.62 Å². The molecule has 1 N–H and O–H groups in total. The van der Waals surface area contributed by atoms with Crippen LogP contribution >= 0.6 is 0 Å². The second kappa shape index (κ2) is 6.64. The van der Waals surface area contributed by atoms with Crippen LogP contribution in [-0.4, -0.2) is 51.0 Å². The van der Waals surface area contributed by atoms with Crippen molar-refractivity contribution in [2.45, 2.75) is 24.7 Å². The van der Waals surface area contributed by atoms with Crippen molar-refractivity contribution >= 4 is 15.9 Å². The van der Waals surface area contributed by atoms with Gasteiger partial charge in [0.1, 0.15) is 5.92 Å². The Morgan fingerprint density at radius 2 is 2.00 bits per heavy atom. The Hall–Kier alpha value is -1.54. The maximum Gasteiger partial charge on any atom is 0.268 e. The summed E-state index contributed by atoms with van der Waals surface area (Å²) in [6.07, 6.45) is 2.54. The first-order valence-corrected chi connectivity index (χ1v) is 10.3. The average molecular weight is 372 g/mol. The lowest BCUT2D eigenvalue weighted by Gasteiger charge is -2.33. The first-order valence-electron chi connectivity index (χ1n) is 8.36. The molecule has 1 aliphatic heterocycles. The number of hydrogen-bond acceptors (Lipinski definition) is 3. The number of nitrogens with one attached hydrogen (secondary N) is 1. The SMILES string of the molecule is CS(=O)(=O)NCC1CCCN(C(=O)[C@@H]2[C@@H](c3ccccc3)C2(F)F)C1. The molecule has 1 heterocycles. The van der Waals surface area contributed by atoms with Gasteiger partial charge in [0.25, 0.3) is 5.92 Å². The Morgan fingerprint density at radius 1 is 1.32 bits per heavy atom. The molecule has 1 saturated carbocycles. The second-order valence-electron chi connectivity index (χ2n) is 6.95. The van der Waals surface area contributed by atoms with Gasteiger partial charge in [0.05, 0.1) is 12.2 Å². The summed E-state index contributed by atoms with van der Waals surface area (Å²) in [4.78, 5) is 14.1. The van der Waals surface area contributed by atoms with E-state index < -0.39 is 33.7 Å². The number of alkyl halides is 2. The number of hydrogen-bond donors (Lipinski definition) is 1. The van der Waals surface area contributed by atoms with E-state index >= 15 is 0 Å². The van der Waals surface area contributed by atoms with Gasteiger partial charge in [-0.1, -0.05) is 30.3 Å². The maximum absolute atomic E-state index is 14.2. The molecule has 25 heavy (non-hydrogen) atoms. The molecule has 1 aromatic rings. The van der Waals surface area contributed by atoms with Gasteiger partial charge in [-0.2, -0.15) is 0 Å². The summed E-state index contributed by atoms with van der Waals surface area (Å²) in [6, 6.07) is 8.39. The van der Waals surface area contributed by atoms with E-state index in [1.54, 1.807) is 30.3 Å². The fourth-order valence-corrected chi connectivity index (χ4v) is 4.15. The molecule has 1 saturated heterocycles. The number of amides is 1. The number of rotatable bonds is 5. The number of benzene rings is 1. The van der Waals surface area contributed by atoms with E-state index in [0.29, 0.717) is 25.1 Å². The third-order valence-corrected chi connectivity index (χ3v) is 5.63. The van der Waals surface area contributed by atoms with E-state index in [-0.39, 0.29) is 12.5 Å². The molecule has 1 amide bonds. The highest BCUT2D eigenvalue weighted by Crippen LogP contribution is 2.62. The molecule has 0 aromatic heterocycles. The van der Waals surface area contributed by atoms with Gasteiger partial charge < -0.3 is 4.90 Å². The summed E-state index contributed by atoms with van der Waals surface area (Å²) in [6.45, 7) is 0.990. The van der Waals surface area contributed by atoms with E-state index in [0.717, 1.165) is 12.7 Å². The van der Waals surface area contributed by atoms with Gasteiger partial charge in [0.15, 0.2) is 0 Å². The predicted octanol–water partition coefficient (Wildman–Crippen LogP) is 1.82. The van der Waals surface area contributed by atoms with Crippen LogP contribution in [0, 0.1) is 11.8 Å². The van der Waals surface area contributed by atoms with E-state index in [9.17, 15) is 22.0 Å². The van der Waals surface area contributed by atoms with Gasteiger partial charge in [-0.25, -0.2) is 21.9 Å². The van der Waals surface area contributed by atoms with Crippen LogP contribution in [0.1, 0.15) is 24.3 Å². The zero-order valence-corrected chi connectivity index (χ0v) is 14.8. The van der Waals surface area contributed by atoms with Crippen molar-refractivity contribution in [2.24, 2.45) is 11.8 Å². The molecule has 5 nitrogen and oxygen atoms in total. The summed E-state index contributed by atoms with van der Waals surface area (Å²) in [5, 5.41) is 0. The zero-order chi connectivity index (χ0) is 18.2. The number of nitrogens with zero attached hydrogens (tertiary/aromatic N) is 1. The van der Waals surface area contributed by atoms with Crippen LogP contribution in [0.3, 0.4) is 0 Å². The molecule has 138 valence electrons. The number of piperidine rings is 1. The molecule has 1 aromatic carbocycles. The van der Waals surface area contributed by atoms with Crippen LogP contribution in [-0.2, 0) is 14.8 Å². The lowest BCUT2D eigenvalue weighted by Crippen LogP contribution is -2.44. The smallest absolute Gasteiger partial charge is 0.268 e. The fraction of sp³-hybridized carbons (Fsp3) is 0.588. The molecule has 0 radical (unpaired) electrons. The lowest BCUT2D eigenvalue weighted by molar-refractivity contribution is -0.136. The second-order valence-corrected chi connectivity index (χ2v) is 8.79. The molecule has 1 unspecified atom stereocenters. The highest BCUT2D eigenvalue weighted by Gasteiger charge is 2.72. The Balaban J connectivity index is 1.65. The Labute approximate surface area is 146 Å². The quantitative estimate of drug-likeness (QED) is 0.857. The minimum atomic E-state index is -3.30. The maximum atomic E-state index is 14.2. The number of sulfonamides is 1. The van der Waals surface area contributed by atoms with Crippen LogP contribution < -0.4 is 4.72 Å². The molecule has 2 fully saturated rings. The van der Waals surface area contributed by atoms with Gasteiger partial charge in [-0.15, -0.1) is 0 Å². The first kappa shape index (κ1) is 18.3. The molecule has 3 atom stereocenters. The van der Waals surface area contributed by atoms with Crippen molar-refractivity contribution in [3.63, 3.8) is 0 Å². The third kappa shape index (κ3) is 4.00. The number of carbonyl (C=O) groups is 1. The highest BCUT2D eigenvalue weighted by molar-refractivity contribution is 7.88. The molecule has 1 aliphatic carbocycles. The zero-order valence-electron chi connectivity index (χ0n) is 14.0. The Kier molecular flexibility index (Phi) is 4.85. The van der Waals surface area contributed by atoms with E-state index in [4.69, 9.17) is 0 Å². The topological polar surface area (TPSA) is 66.5 Å². The van der Waals surface area contributed by atoms with Gasteiger partial charge >= 0.3 is 0 Å². The summed E-state index contributed by atoms with van der Waals surface area (Å²) in [5.74, 6) is -5.96. The van der Waals surface area contributed by atoms with E-state index in [2.05, 4.69) is 4.72 Å². The van der Waals surface area contributed by atoms with Crippen molar-refractivity contribution in [3.05, 3.63) is 35.9 Å². The molecule has 2 aliphatic rings. The van der Waals surface area contributed by atoms with Crippen molar-refractivity contribution in [3.8, 4) is 0 Å². The largest absolute Gasteiger partial charge is 0.342 e. The Bertz CT molecular complexity index is 740. The van der Waals surface area contributed by atoms with Crippen molar-refractivity contribution in [2.75, 3.05) is 25.9 Å². The molecule has 8 heteroatoms. The summed E-state index contributed by atoms with van der Waals surface area (Å²) in [7, 11) is -3.30. The minimum absolute atomic E-state index is 0.0463. The summed E-state index contributed by atoms with van der Waals surface area (Å²) >= 11 is 0. The van der Waals surface area contributed by atoms with Crippen LogP contribution in [0.5, 0.6) is 0 Å². The van der Waals surface area contributed by atoms with Crippen LogP contribution in [0.2, 0.25) is 0 Å². The average Bonchev–Trinajstić information content (AvgIpc) is 3.15. The molecule has 0 spiro atoms. The number of halogens is 2. The normalized spacial score (nSPS) is 28.6. The summed E-state index contributed by atoms with van der Waals surface area (Å²) < 4.78 is 53.3. The van der Waals surface area contributed by atoms with Crippen LogP contribution in [0.25, 0.3) is 0 Å². The highest BCUT2D eigenvalue weighted by atomic mass is 32.2. The van der Waals surface area contributed by atoms with E-state index in [1.165, 1.54) is 4.90 Å². The standard InChI is InChI=1S/C17H22F2N2O3S/c1-25(23,24)20-10-12-6-5-9-21(11-12)16(22)15-14(17(15,18)19)13-7-3-2-4-8-13/h2-4,7-8,12,14-15,20H,5-6,9-11H2,1H3/t12?,14-,15+/m1/s1. The monoisotopic (exact) mass is 372 g/mol. The predicted molar refractivity (Wildman–Crippen MR) is 89.8 cm³/mol. The van der Waals surface area contributed by atoms with Crippen molar-refractivity contribution < 1.29 is 22.0 Å². The summed E-state index contributed by atoms with van der Waals surface area (Å²) in [5.41, 5.74) is 0.484. The van der Waals surface area contributed by atoms with Gasteiger partial charge in [0.2, 0.25) is 15.9 Å². The Morgan fingerprint density at radius 3 is 2.64 bits per heavy atom. The number of carbonyl (C=O) groups excluding carboxylic acids is 1. The molecule has 3 rings (SSSR count). The molecular weight excluding hydrogens is 350 g/mol. The van der Waals surface area contributed by atoms with Crippen molar-refractivity contribution in [1.29, 1.82) is 0 Å². The minimum Gasteiger partial charge on any atom is -0.342 e. The van der Waals surface area contributed by atoms with Gasteiger partial charge in [-0.05, 0) is 24.3 Å². The first-order chi connectivity index (χ1) is 11.7. The van der Waals surface area contributed by atoms with Gasteiger partial charge in [0, 0.05) is 19.6 Å². The third-order valence-electron chi connectivity index (χ3n) is 4.94. The fourth-order valence-electron chi connectivity index (χ4n) is 3.61. The van der Waals surface area contributed by atoms with Crippen LogP contribution in [0.15, 0.2) is 30.3 Å². The van der Waals surface area contributed by atoms with Crippen LogP contribution in [0.4, 0.5) is 8.78 Å². The van der Waals surface area contributed by atoms with Gasteiger partial charge in [-0.3, -0.25) is 4.79 Å². The van der Waals surface area contributed by atoms with E-state index in [1.807, 2.05) is 0 Å².